The summed E-state index contributed by atoms with van der Waals surface area (Å²) >= 11 is 0. The van der Waals surface area contributed by atoms with Crippen LogP contribution in [0.1, 0.15) is 23.2 Å². The van der Waals surface area contributed by atoms with E-state index in [1.165, 1.54) is 6.33 Å². The number of anilines is 2. The molecule has 0 radical (unpaired) electrons. The van der Waals surface area contributed by atoms with Gasteiger partial charge in [-0.05, 0) is 49.2 Å². The van der Waals surface area contributed by atoms with Crippen molar-refractivity contribution >= 4 is 23.3 Å². The average Bonchev–Trinajstić information content (AvgIpc) is 3.29. The van der Waals surface area contributed by atoms with Crippen molar-refractivity contribution in [1.82, 2.24) is 25.0 Å². The van der Waals surface area contributed by atoms with Gasteiger partial charge in [-0.25, -0.2) is 9.67 Å². The smallest absolute Gasteiger partial charge is 0.248 e. The number of carbonyl (C=O) groups is 2. The van der Waals surface area contributed by atoms with Crippen molar-refractivity contribution in [3.05, 3.63) is 54.6 Å². The topological polar surface area (TPSA) is 132 Å². The van der Waals surface area contributed by atoms with E-state index in [1.54, 1.807) is 35.3 Å². The lowest BCUT2D eigenvalue weighted by molar-refractivity contribution is -0.120. The van der Waals surface area contributed by atoms with Crippen LogP contribution in [0.4, 0.5) is 11.5 Å². The third-order valence-corrected chi connectivity index (χ3v) is 4.92. The summed E-state index contributed by atoms with van der Waals surface area (Å²) in [5, 5.41) is 15.4. The zero-order valence-electron chi connectivity index (χ0n) is 15.6. The van der Waals surface area contributed by atoms with Gasteiger partial charge < -0.3 is 16.0 Å². The molecule has 1 aromatic carbocycles. The molecule has 0 spiro atoms. The van der Waals surface area contributed by atoms with Crippen LogP contribution in [-0.2, 0) is 4.79 Å². The molecule has 10 heteroatoms. The van der Waals surface area contributed by atoms with E-state index in [1.807, 2.05) is 12.1 Å². The summed E-state index contributed by atoms with van der Waals surface area (Å²) in [6.45, 7) is 1.44. The van der Waals surface area contributed by atoms with E-state index < -0.39 is 5.91 Å². The van der Waals surface area contributed by atoms with E-state index in [4.69, 9.17) is 5.73 Å². The fourth-order valence-corrected chi connectivity index (χ4v) is 3.27. The van der Waals surface area contributed by atoms with Gasteiger partial charge in [-0.1, -0.05) is 0 Å². The Morgan fingerprint density at radius 1 is 1.00 bits per heavy atom. The second-order valence-electron chi connectivity index (χ2n) is 6.78. The molecule has 4 rings (SSSR count). The highest BCUT2D eigenvalue weighted by Gasteiger charge is 2.26. The van der Waals surface area contributed by atoms with Crippen LogP contribution in [0, 0.1) is 5.92 Å². The van der Waals surface area contributed by atoms with Gasteiger partial charge in [0.1, 0.15) is 12.7 Å². The van der Waals surface area contributed by atoms with Gasteiger partial charge in [0, 0.05) is 30.3 Å². The zero-order valence-corrected chi connectivity index (χ0v) is 15.6. The fraction of sp³-hybridized carbons (Fsp3) is 0.263. The Morgan fingerprint density at radius 3 is 2.28 bits per heavy atom. The Kier molecular flexibility index (Phi) is 5.14. The number of nitrogens with zero attached hydrogens (tertiary/aromatic N) is 6. The monoisotopic (exact) mass is 392 g/mol. The minimum Gasteiger partial charge on any atom is -0.366 e. The molecule has 29 heavy (non-hydrogen) atoms. The van der Waals surface area contributed by atoms with Crippen molar-refractivity contribution in [2.75, 3.05) is 23.3 Å². The molecule has 0 bridgehead atoms. The highest BCUT2D eigenvalue weighted by molar-refractivity contribution is 5.95. The van der Waals surface area contributed by atoms with Crippen molar-refractivity contribution in [3.63, 3.8) is 0 Å². The Balaban J connectivity index is 1.31. The predicted octanol–water partition coefficient (Wildman–Crippen LogP) is 1.01. The maximum atomic E-state index is 12.5. The number of rotatable bonds is 5. The zero-order chi connectivity index (χ0) is 20.2. The first-order valence-corrected chi connectivity index (χ1v) is 9.24. The van der Waals surface area contributed by atoms with Gasteiger partial charge in [-0.2, -0.15) is 5.10 Å². The molecule has 0 unspecified atom stereocenters. The molecule has 1 saturated heterocycles. The van der Waals surface area contributed by atoms with E-state index in [9.17, 15) is 9.59 Å². The van der Waals surface area contributed by atoms with Gasteiger partial charge in [-0.3, -0.25) is 9.59 Å². The molecule has 2 aromatic heterocycles. The molecular weight excluding hydrogens is 372 g/mol. The van der Waals surface area contributed by atoms with Crippen LogP contribution in [0.5, 0.6) is 0 Å². The van der Waals surface area contributed by atoms with Crippen molar-refractivity contribution in [3.8, 4) is 5.82 Å². The van der Waals surface area contributed by atoms with E-state index in [0.29, 0.717) is 17.1 Å². The van der Waals surface area contributed by atoms with E-state index in [2.05, 4.69) is 30.5 Å². The summed E-state index contributed by atoms with van der Waals surface area (Å²) in [6, 6.07) is 10.3. The number of benzene rings is 1. The number of hydrogen-bond acceptors (Lipinski definition) is 7. The standard InChI is InChI=1S/C19H20N8O2/c20-18(28)13-1-3-15(4-2-13)23-19(29)14-7-9-26(10-8-14)16-5-6-17(25-24-16)27-12-21-11-22-27/h1-6,11-12,14H,7-10H2,(H2,20,28)(H,23,29). The van der Waals surface area contributed by atoms with Crippen molar-refractivity contribution in [2.24, 2.45) is 11.7 Å². The molecule has 0 saturated carbocycles. The third-order valence-electron chi connectivity index (χ3n) is 4.92. The van der Waals surface area contributed by atoms with Crippen molar-refractivity contribution in [2.45, 2.75) is 12.8 Å². The van der Waals surface area contributed by atoms with Crippen LogP contribution in [0.2, 0.25) is 0 Å². The Morgan fingerprint density at radius 2 is 1.69 bits per heavy atom. The third kappa shape index (κ3) is 4.21. The normalized spacial score (nSPS) is 14.6. The van der Waals surface area contributed by atoms with Gasteiger partial charge in [-0.15, -0.1) is 10.2 Å². The average molecular weight is 392 g/mol. The lowest BCUT2D eigenvalue weighted by Gasteiger charge is -2.31. The SMILES string of the molecule is NC(=O)c1ccc(NC(=O)C2CCN(c3ccc(-n4cncn4)nn3)CC2)cc1. The highest BCUT2D eigenvalue weighted by Crippen LogP contribution is 2.23. The van der Waals surface area contributed by atoms with Crippen LogP contribution in [0.3, 0.4) is 0 Å². The van der Waals surface area contributed by atoms with Crippen LogP contribution < -0.4 is 16.0 Å². The fourth-order valence-electron chi connectivity index (χ4n) is 3.27. The molecule has 0 aliphatic carbocycles. The highest BCUT2D eigenvalue weighted by atomic mass is 16.2. The molecule has 0 atom stereocenters. The second-order valence-corrected chi connectivity index (χ2v) is 6.78. The maximum Gasteiger partial charge on any atom is 0.248 e. The summed E-state index contributed by atoms with van der Waals surface area (Å²) in [4.78, 5) is 29.7. The number of amides is 2. The van der Waals surface area contributed by atoms with Gasteiger partial charge in [0.2, 0.25) is 11.8 Å². The largest absolute Gasteiger partial charge is 0.366 e. The molecular formula is C19H20N8O2. The Bertz CT molecular complexity index is 978. The lowest BCUT2D eigenvalue weighted by atomic mass is 9.95. The lowest BCUT2D eigenvalue weighted by Crippen LogP contribution is -2.38. The summed E-state index contributed by atoms with van der Waals surface area (Å²) in [5.74, 6) is 0.777. The summed E-state index contributed by atoms with van der Waals surface area (Å²) in [5.41, 5.74) is 6.29. The van der Waals surface area contributed by atoms with Crippen molar-refractivity contribution in [1.29, 1.82) is 0 Å². The molecule has 148 valence electrons. The van der Waals surface area contributed by atoms with Gasteiger partial charge in [0.15, 0.2) is 11.6 Å². The number of nitrogens with one attached hydrogen (secondary N) is 1. The molecule has 1 aliphatic heterocycles. The first-order valence-electron chi connectivity index (χ1n) is 9.24. The second kappa shape index (κ2) is 8.05. The van der Waals surface area contributed by atoms with Gasteiger partial charge in [0.25, 0.3) is 0 Å². The van der Waals surface area contributed by atoms with Gasteiger partial charge >= 0.3 is 0 Å². The Labute approximate surface area is 166 Å². The number of aromatic nitrogens is 5. The number of hydrogen-bond donors (Lipinski definition) is 2. The Hall–Kier alpha value is -3.82. The van der Waals surface area contributed by atoms with E-state index in [-0.39, 0.29) is 11.8 Å². The van der Waals surface area contributed by atoms with E-state index in [0.717, 1.165) is 31.7 Å². The van der Waals surface area contributed by atoms with E-state index >= 15 is 0 Å². The van der Waals surface area contributed by atoms with Crippen LogP contribution in [-0.4, -0.2) is 49.9 Å². The first-order chi connectivity index (χ1) is 14.1. The number of primary amides is 1. The minimum atomic E-state index is -0.493. The molecule has 3 N–H and O–H groups in total. The van der Waals surface area contributed by atoms with Crippen molar-refractivity contribution < 1.29 is 9.59 Å². The molecule has 3 heterocycles. The van der Waals surface area contributed by atoms with Crippen LogP contribution in [0.25, 0.3) is 5.82 Å². The quantitative estimate of drug-likeness (QED) is 0.662. The summed E-state index contributed by atoms with van der Waals surface area (Å²) in [6.07, 6.45) is 4.45. The maximum absolute atomic E-state index is 12.5. The first kappa shape index (κ1) is 18.5. The molecule has 10 nitrogen and oxygen atoms in total. The molecule has 3 aromatic rings. The number of carbonyl (C=O) groups excluding carboxylic acids is 2. The van der Waals surface area contributed by atoms with Crippen LogP contribution >= 0.6 is 0 Å². The number of piperidine rings is 1. The molecule has 2 amide bonds. The summed E-state index contributed by atoms with van der Waals surface area (Å²) in [7, 11) is 0. The van der Waals surface area contributed by atoms with Gasteiger partial charge in [0.05, 0.1) is 0 Å². The minimum absolute atomic E-state index is 0.0240. The molecule has 1 fully saturated rings. The predicted molar refractivity (Wildman–Crippen MR) is 105 cm³/mol. The molecule has 1 aliphatic rings. The van der Waals surface area contributed by atoms with Crippen LogP contribution in [0.15, 0.2) is 49.1 Å². The summed E-state index contributed by atoms with van der Waals surface area (Å²) < 4.78 is 1.54. The number of nitrogens with two attached hydrogens (primary N) is 1.